The van der Waals surface area contributed by atoms with Crippen LogP contribution < -0.4 is 9.64 Å². The van der Waals surface area contributed by atoms with Gasteiger partial charge < -0.3 is 14.2 Å². The maximum atomic E-state index is 5.32. The van der Waals surface area contributed by atoms with E-state index in [4.69, 9.17) is 9.26 Å². The lowest BCUT2D eigenvalue weighted by Crippen LogP contribution is -2.29. The number of aromatic nitrogens is 3. The third-order valence-corrected chi connectivity index (χ3v) is 6.20. The van der Waals surface area contributed by atoms with Crippen molar-refractivity contribution in [3.05, 3.63) is 54.0 Å². The highest BCUT2D eigenvalue weighted by molar-refractivity contribution is 5.55. The molecular formula is C22H25N5O2. The van der Waals surface area contributed by atoms with Crippen molar-refractivity contribution in [2.45, 2.75) is 13.0 Å². The van der Waals surface area contributed by atoms with Gasteiger partial charge in [-0.1, -0.05) is 17.3 Å². The molecule has 0 bridgehead atoms. The van der Waals surface area contributed by atoms with E-state index in [1.807, 2.05) is 19.2 Å². The van der Waals surface area contributed by atoms with E-state index in [-0.39, 0.29) is 0 Å². The number of likely N-dealkylation sites (tertiary alicyclic amines) is 1. The molecule has 7 nitrogen and oxygen atoms in total. The minimum atomic E-state index is 0.427. The second-order valence-corrected chi connectivity index (χ2v) is 8.04. The fourth-order valence-electron chi connectivity index (χ4n) is 4.86. The molecular weight excluding hydrogens is 366 g/mol. The van der Waals surface area contributed by atoms with Crippen molar-refractivity contribution in [2.24, 2.45) is 11.8 Å². The number of fused-ring (bicyclic) bond motifs is 1. The summed E-state index contributed by atoms with van der Waals surface area (Å²) in [6.07, 6.45) is 1.82. The average molecular weight is 391 g/mol. The second kappa shape index (κ2) is 7.15. The molecule has 4 heterocycles. The molecule has 3 atom stereocenters. The highest BCUT2D eigenvalue weighted by Gasteiger charge is 2.46. The molecule has 0 radical (unpaired) electrons. The lowest BCUT2D eigenvalue weighted by atomic mass is 9.89. The van der Waals surface area contributed by atoms with Crippen LogP contribution in [0.25, 0.3) is 11.5 Å². The highest BCUT2D eigenvalue weighted by Crippen LogP contribution is 2.45. The Balaban J connectivity index is 1.33. The number of hydrogen-bond acceptors (Lipinski definition) is 7. The molecule has 7 heteroatoms. The van der Waals surface area contributed by atoms with Gasteiger partial charge in [0.05, 0.1) is 12.7 Å². The Bertz CT molecular complexity index is 985. The second-order valence-electron chi connectivity index (χ2n) is 8.04. The molecule has 0 amide bonds. The summed E-state index contributed by atoms with van der Waals surface area (Å²) in [4.78, 5) is 13.8. The SMILES string of the molecule is COc1ccc([C@H]2[C@@H]3CN(c4ccc(-c5nc(C)no5)cn4)C[C@@H]3CN2C)cc1. The predicted octanol–water partition coefficient (Wildman–Crippen LogP) is 3.19. The van der Waals surface area contributed by atoms with Crippen molar-refractivity contribution in [2.75, 3.05) is 38.7 Å². The summed E-state index contributed by atoms with van der Waals surface area (Å²) in [7, 11) is 3.94. The number of nitrogens with zero attached hydrogens (tertiary/aromatic N) is 5. The van der Waals surface area contributed by atoms with Crippen LogP contribution in [0.4, 0.5) is 5.82 Å². The molecule has 2 fully saturated rings. The van der Waals surface area contributed by atoms with Crippen molar-refractivity contribution in [1.82, 2.24) is 20.0 Å². The van der Waals surface area contributed by atoms with E-state index < -0.39 is 0 Å². The fourth-order valence-corrected chi connectivity index (χ4v) is 4.86. The van der Waals surface area contributed by atoms with E-state index in [9.17, 15) is 0 Å². The van der Waals surface area contributed by atoms with Crippen LogP contribution in [0, 0.1) is 18.8 Å². The predicted molar refractivity (Wildman–Crippen MR) is 110 cm³/mol. The highest BCUT2D eigenvalue weighted by atomic mass is 16.5. The monoisotopic (exact) mass is 391 g/mol. The topological polar surface area (TPSA) is 67.5 Å². The van der Waals surface area contributed by atoms with Crippen molar-refractivity contribution in [3.63, 3.8) is 0 Å². The molecule has 150 valence electrons. The van der Waals surface area contributed by atoms with E-state index in [0.29, 0.717) is 29.6 Å². The normalized spacial score (nSPS) is 24.1. The van der Waals surface area contributed by atoms with Gasteiger partial charge in [0.15, 0.2) is 5.82 Å². The Morgan fingerprint density at radius 1 is 1.07 bits per heavy atom. The van der Waals surface area contributed by atoms with Gasteiger partial charge in [-0.05, 0) is 49.7 Å². The number of benzene rings is 1. The van der Waals surface area contributed by atoms with Gasteiger partial charge in [0.1, 0.15) is 11.6 Å². The van der Waals surface area contributed by atoms with Crippen LogP contribution in [-0.2, 0) is 0 Å². The molecule has 5 rings (SSSR count). The van der Waals surface area contributed by atoms with Gasteiger partial charge in [-0.2, -0.15) is 4.98 Å². The summed E-state index contributed by atoms with van der Waals surface area (Å²) in [5.41, 5.74) is 2.21. The Labute approximate surface area is 170 Å². The largest absolute Gasteiger partial charge is 0.497 e. The first-order chi connectivity index (χ1) is 14.1. The van der Waals surface area contributed by atoms with Crippen LogP contribution >= 0.6 is 0 Å². The van der Waals surface area contributed by atoms with E-state index in [2.05, 4.69) is 62.3 Å². The quantitative estimate of drug-likeness (QED) is 0.677. The number of ether oxygens (including phenoxy) is 1. The summed E-state index contributed by atoms with van der Waals surface area (Å²) >= 11 is 0. The molecule has 2 saturated heterocycles. The third kappa shape index (κ3) is 3.25. The summed E-state index contributed by atoms with van der Waals surface area (Å²) < 4.78 is 10.6. The summed E-state index contributed by atoms with van der Waals surface area (Å²) in [6, 6.07) is 13.0. The fraction of sp³-hybridized carbons (Fsp3) is 0.409. The third-order valence-electron chi connectivity index (χ3n) is 6.20. The summed E-state index contributed by atoms with van der Waals surface area (Å²) in [5.74, 6) is 4.29. The van der Waals surface area contributed by atoms with E-state index in [1.54, 1.807) is 7.11 Å². The molecule has 29 heavy (non-hydrogen) atoms. The Kier molecular flexibility index (Phi) is 4.47. The van der Waals surface area contributed by atoms with Gasteiger partial charge >= 0.3 is 0 Å². The smallest absolute Gasteiger partial charge is 0.259 e. The number of methoxy groups -OCH3 is 1. The molecule has 0 spiro atoms. The van der Waals surface area contributed by atoms with Crippen LogP contribution in [0.2, 0.25) is 0 Å². The number of hydrogen-bond donors (Lipinski definition) is 0. The molecule has 3 aromatic rings. The number of pyridine rings is 1. The maximum Gasteiger partial charge on any atom is 0.259 e. The van der Waals surface area contributed by atoms with Crippen LogP contribution in [-0.4, -0.2) is 53.8 Å². The van der Waals surface area contributed by atoms with Crippen LogP contribution in [0.3, 0.4) is 0 Å². The molecule has 2 aliphatic rings. The van der Waals surface area contributed by atoms with Gasteiger partial charge in [-0.25, -0.2) is 4.98 Å². The average Bonchev–Trinajstić information content (AvgIpc) is 3.42. The molecule has 0 unspecified atom stereocenters. The number of rotatable bonds is 4. The van der Waals surface area contributed by atoms with E-state index in [1.165, 1.54) is 5.56 Å². The van der Waals surface area contributed by atoms with Crippen molar-refractivity contribution in [3.8, 4) is 17.2 Å². The van der Waals surface area contributed by atoms with E-state index >= 15 is 0 Å². The minimum absolute atomic E-state index is 0.427. The molecule has 0 N–H and O–H groups in total. The van der Waals surface area contributed by atoms with Crippen LogP contribution in [0.15, 0.2) is 47.1 Å². The zero-order valence-corrected chi connectivity index (χ0v) is 16.9. The molecule has 1 aromatic carbocycles. The van der Waals surface area contributed by atoms with Gasteiger partial charge in [0.25, 0.3) is 5.89 Å². The Hall–Kier alpha value is -2.93. The minimum Gasteiger partial charge on any atom is -0.497 e. The first kappa shape index (κ1) is 18.1. The maximum absolute atomic E-state index is 5.32. The zero-order chi connectivity index (χ0) is 20.0. The van der Waals surface area contributed by atoms with Crippen molar-refractivity contribution >= 4 is 5.82 Å². The lowest BCUT2D eigenvalue weighted by molar-refractivity contribution is 0.279. The Morgan fingerprint density at radius 3 is 2.55 bits per heavy atom. The van der Waals surface area contributed by atoms with Gasteiger partial charge in [-0.15, -0.1) is 0 Å². The lowest BCUT2D eigenvalue weighted by Gasteiger charge is -2.27. The van der Waals surface area contributed by atoms with E-state index in [0.717, 1.165) is 36.8 Å². The summed E-state index contributed by atoms with van der Waals surface area (Å²) in [5, 5.41) is 3.85. The van der Waals surface area contributed by atoms with Crippen LogP contribution in [0.5, 0.6) is 5.75 Å². The molecule has 0 aliphatic carbocycles. The van der Waals surface area contributed by atoms with Crippen molar-refractivity contribution in [1.29, 1.82) is 0 Å². The zero-order valence-electron chi connectivity index (χ0n) is 16.9. The first-order valence-corrected chi connectivity index (χ1v) is 9.98. The molecule has 0 saturated carbocycles. The van der Waals surface area contributed by atoms with Crippen molar-refractivity contribution < 1.29 is 9.26 Å². The summed E-state index contributed by atoms with van der Waals surface area (Å²) in [6.45, 7) is 4.97. The Morgan fingerprint density at radius 2 is 1.90 bits per heavy atom. The van der Waals surface area contributed by atoms with Crippen LogP contribution in [0.1, 0.15) is 17.4 Å². The van der Waals surface area contributed by atoms with Gasteiger partial charge in [0, 0.05) is 37.8 Å². The number of anilines is 1. The molecule has 2 aliphatic heterocycles. The van der Waals surface area contributed by atoms with Gasteiger partial charge in [0.2, 0.25) is 0 Å². The number of aryl methyl sites for hydroxylation is 1. The van der Waals surface area contributed by atoms with Gasteiger partial charge in [-0.3, -0.25) is 4.90 Å². The first-order valence-electron chi connectivity index (χ1n) is 9.98. The standard InChI is InChI=1S/C22H25N5O2/c1-14-24-22(29-25-14)16-6-9-20(23-10-16)27-12-17-11-26(2)21(19(17)13-27)15-4-7-18(28-3)8-5-15/h4-10,17,19,21H,11-13H2,1-3H3/t17-,19+,21-/m0/s1. The molecule has 2 aromatic heterocycles.